The predicted octanol–water partition coefficient (Wildman–Crippen LogP) is 0.957. The summed E-state index contributed by atoms with van der Waals surface area (Å²) in [5.74, 6) is -4.28. The fourth-order valence-corrected chi connectivity index (χ4v) is 3.02. The average Bonchev–Trinajstić information content (AvgIpc) is 2.56. The van der Waals surface area contributed by atoms with Gasteiger partial charge in [0.05, 0.1) is 13.0 Å². The number of hydrogen-bond acceptors (Lipinski definition) is 9. The molecule has 140 valence electrons. The maximum Gasteiger partial charge on any atom is 0.367 e. The molecule has 0 aromatic rings. The zero-order chi connectivity index (χ0) is 18.5. The topological polar surface area (TPSA) is 110 Å². The van der Waals surface area contributed by atoms with E-state index in [4.69, 9.17) is 28.9 Å². The molecule has 0 spiro atoms. The monoisotopic (exact) mass is 350 g/mol. The normalized spacial score (nSPS) is 34.5. The van der Waals surface area contributed by atoms with Crippen molar-refractivity contribution in [3.05, 3.63) is 0 Å². The van der Waals surface area contributed by atoms with Crippen molar-refractivity contribution in [1.29, 1.82) is 0 Å². The molecule has 1 fully saturated rings. The molecule has 0 amide bonds. The Morgan fingerprint density at radius 2 is 1.92 bits per heavy atom. The van der Waals surface area contributed by atoms with Crippen molar-refractivity contribution in [3.63, 3.8) is 0 Å². The van der Waals surface area contributed by atoms with Gasteiger partial charge in [0, 0.05) is 26.6 Å². The van der Waals surface area contributed by atoms with Gasteiger partial charge in [0.15, 0.2) is 0 Å². The average molecular weight is 350 g/mol. The van der Waals surface area contributed by atoms with Gasteiger partial charge in [-0.15, -0.1) is 0 Å². The summed E-state index contributed by atoms with van der Waals surface area (Å²) in [5, 5.41) is 9.13. The minimum atomic E-state index is -1.83. The van der Waals surface area contributed by atoms with Crippen LogP contribution in [-0.2, 0) is 38.2 Å². The van der Waals surface area contributed by atoms with Crippen LogP contribution in [0, 0.1) is 11.8 Å². The Morgan fingerprint density at radius 3 is 2.33 bits per heavy atom. The van der Waals surface area contributed by atoms with Crippen LogP contribution < -0.4 is 0 Å². The van der Waals surface area contributed by atoms with Crippen LogP contribution in [0.15, 0.2) is 0 Å². The Morgan fingerprint density at radius 1 is 1.29 bits per heavy atom. The predicted molar refractivity (Wildman–Crippen MR) is 79.6 cm³/mol. The Kier molecular flexibility index (Phi) is 7.56. The largest absolute Gasteiger partial charge is 0.465 e. The first-order valence-corrected chi connectivity index (χ1v) is 7.69. The summed E-state index contributed by atoms with van der Waals surface area (Å²) in [6.45, 7) is 6.57. The molecule has 1 heterocycles. The molecule has 0 radical (unpaired) electrons. The van der Waals surface area contributed by atoms with E-state index in [1.807, 2.05) is 0 Å². The molecule has 1 aliphatic rings. The standard InChI is InChI=1S/C15H26O9/c1-7-21-13(24-18)12-8(2)11(22-10(4)16)9(3)15(20-6,23-12)14(17)19-5/h8-9,11-13,18H,7H2,1-6H3/t8-,9+,11+,12+,13+,15-/m1/s1. The minimum Gasteiger partial charge on any atom is -0.465 e. The van der Waals surface area contributed by atoms with E-state index < -0.39 is 48.1 Å². The maximum absolute atomic E-state index is 12.3. The molecule has 24 heavy (non-hydrogen) atoms. The number of ether oxygens (including phenoxy) is 5. The zero-order valence-corrected chi connectivity index (χ0v) is 14.8. The molecule has 0 saturated carbocycles. The van der Waals surface area contributed by atoms with Gasteiger partial charge < -0.3 is 23.7 Å². The molecule has 0 bridgehead atoms. The first-order chi connectivity index (χ1) is 11.3. The van der Waals surface area contributed by atoms with Gasteiger partial charge in [-0.1, -0.05) is 13.8 Å². The van der Waals surface area contributed by atoms with Crippen molar-refractivity contribution in [2.24, 2.45) is 11.8 Å². The first-order valence-electron chi connectivity index (χ1n) is 7.69. The Hall–Kier alpha value is -1.26. The third-order valence-corrected chi connectivity index (χ3v) is 4.22. The zero-order valence-electron chi connectivity index (χ0n) is 14.8. The molecule has 0 aromatic heterocycles. The lowest BCUT2D eigenvalue weighted by Gasteiger charge is -2.49. The maximum atomic E-state index is 12.3. The van der Waals surface area contributed by atoms with Crippen molar-refractivity contribution in [1.82, 2.24) is 0 Å². The van der Waals surface area contributed by atoms with Crippen molar-refractivity contribution in [3.8, 4) is 0 Å². The van der Waals surface area contributed by atoms with Crippen LogP contribution in [0.2, 0.25) is 0 Å². The summed E-state index contributed by atoms with van der Waals surface area (Å²) in [6.07, 6.45) is -2.90. The number of esters is 2. The summed E-state index contributed by atoms with van der Waals surface area (Å²) in [6, 6.07) is 0. The van der Waals surface area contributed by atoms with Gasteiger partial charge in [0.2, 0.25) is 6.29 Å². The summed E-state index contributed by atoms with van der Waals surface area (Å²) >= 11 is 0. The molecule has 1 saturated heterocycles. The highest BCUT2D eigenvalue weighted by Gasteiger charge is 2.60. The molecule has 1 aliphatic heterocycles. The van der Waals surface area contributed by atoms with Crippen LogP contribution in [0.4, 0.5) is 0 Å². The highest BCUT2D eigenvalue weighted by atomic mass is 17.1. The van der Waals surface area contributed by atoms with Crippen molar-refractivity contribution in [2.75, 3.05) is 20.8 Å². The summed E-state index contributed by atoms with van der Waals surface area (Å²) in [7, 11) is 2.47. The lowest BCUT2D eigenvalue weighted by molar-refractivity contribution is -0.409. The molecule has 0 unspecified atom stereocenters. The molecule has 1 N–H and O–H groups in total. The second-order valence-corrected chi connectivity index (χ2v) is 5.60. The van der Waals surface area contributed by atoms with Gasteiger partial charge in [-0.25, -0.2) is 14.9 Å². The summed E-state index contributed by atoms with van der Waals surface area (Å²) in [4.78, 5) is 28.2. The van der Waals surface area contributed by atoms with Crippen LogP contribution in [0.3, 0.4) is 0 Å². The van der Waals surface area contributed by atoms with Crippen molar-refractivity contribution in [2.45, 2.75) is 52.0 Å². The van der Waals surface area contributed by atoms with E-state index in [0.29, 0.717) is 0 Å². The fraction of sp³-hybridized carbons (Fsp3) is 0.867. The second kappa shape index (κ2) is 8.72. The van der Waals surface area contributed by atoms with Crippen LogP contribution in [-0.4, -0.2) is 62.3 Å². The van der Waals surface area contributed by atoms with Gasteiger partial charge >= 0.3 is 11.9 Å². The van der Waals surface area contributed by atoms with E-state index in [2.05, 4.69) is 4.89 Å². The summed E-state index contributed by atoms with van der Waals surface area (Å²) < 4.78 is 26.6. The van der Waals surface area contributed by atoms with Gasteiger partial charge in [0.25, 0.3) is 5.79 Å². The van der Waals surface area contributed by atoms with Gasteiger partial charge in [-0.3, -0.25) is 4.79 Å². The quantitative estimate of drug-likeness (QED) is 0.310. The third kappa shape index (κ3) is 3.86. The lowest BCUT2D eigenvalue weighted by Crippen LogP contribution is -2.65. The smallest absolute Gasteiger partial charge is 0.367 e. The van der Waals surface area contributed by atoms with E-state index in [9.17, 15) is 9.59 Å². The minimum absolute atomic E-state index is 0.226. The van der Waals surface area contributed by atoms with E-state index >= 15 is 0 Å². The van der Waals surface area contributed by atoms with Crippen LogP contribution in [0.5, 0.6) is 0 Å². The number of hydrogen-bond donors (Lipinski definition) is 1. The molecular weight excluding hydrogens is 324 g/mol. The summed E-state index contributed by atoms with van der Waals surface area (Å²) in [5.41, 5.74) is 0. The molecule has 9 nitrogen and oxygen atoms in total. The third-order valence-electron chi connectivity index (χ3n) is 4.22. The lowest BCUT2D eigenvalue weighted by atomic mass is 9.80. The number of carbonyl (C=O) groups is 2. The van der Waals surface area contributed by atoms with E-state index in [-0.39, 0.29) is 6.61 Å². The van der Waals surface area contributed by atoms with Crippen LogP contribution >= 0.6 is 0 Å². The van der Waals surface area contributed by atoms with E-state index in [1.54, 1.807) is 20.8 Å². The highest BCUT2D eigenvalue weighted by Crippen LogP contribution is 2.42. The van der Waals surface area contributed by atoms with E-state index in [0.717, 1.165) is 0 Å². The molecular formula is C15H26O9. The first kappa shape index (κ1) is 20.8. The highest BCUT2D eigenvalue weighted by molar-refractivity contribution is 5.78. The molecule has 1 rings (SSSR count). The van der Waals surface area contributed by atoms with Crippen LogP contribution in [0.25, 0.3) is 0 Å². The van der Waals surface area contributed by atoms with Crippen LogP contribution in [0.1, 0.15) is 27.7 Å². The molecule has 0 aliphatic carbocycles. The Bertz CT molecular complexity index is 441. The Labute approximate surface area is 141 Å². The van der Waals surface area contributed by atoms with Gasteiger partial charge in [0.1, 0.15) is 12.2 Å². The van der Waals surface area contributed by atoms with Crippen molar-refractivity contribution >= 4 is 11.9 Å². The molecule has 6 atom stereocenters. The number of methoxy groups -OCH3 is 2. The van der Waals surface area contributed by atoms with Gasteiger partial charge in [-0.2, -0.15) is 0 Å². The van der Waals surface area contributed by atoms with E-state index in [1.165, 1.54) is 21.1 Å². The molecule has 9 heteroatoms. The molecule has 0 aromatic carbocycles. The SMILES string of the molecule is CCO[C@@H](OO)[C@H]1O[C@@](OC)(C(=O)OC)[C@@H](C)[C@@H](OC(C)=O)[C@H]1C. The van der Waals surface area contributed by atoms with Gasteiger partial charge in [-0.05, 0) is 6.92 Å². The number of carbonyl (C=O) groups excluding carboxylic acids is 2. The Balaban J connectivity index is 3.31. The van der Waals surface area contributed by atoms with Crippen molar-refractivity contribution < 1.29 is 43.4 Å². The number of rotatable bonds is 7. The second-order valence-electron chi connectivity index (χ2n) is 5.60. The fourth-order valence-electron chi connectivity index (χ4n) is 3.02.